The zero-order chi connectivity index (χ0) is 22.7. The summed E-state index contributed by atoms with van der Waals surface area (Å²) >= 11 is 0. The molecule has 3 aliphatic rings. The van der Waals surface area contributed by atoms with Gasteiger partial charge in [-0.2, -0.15) is 0 Å². The maximum absolute atomic E-state index is 14.3. The Morgan fingerprint density at radius 3 is 2.56 bits per heavy atom. The molecule has 32 heavy (non-hydrogen) atoms. The van der Waals surface area contributed by atoms with E-state index < -0.39 is 0 Å². The third-order valence-corrected chi connectivity index (χ3v) is 6.44. The van der Waals surface area contributed by atoms with Gasteiger partial charge >= 0.3 is 0 Å². The van der Waals surface area contributed by atoms with Crippen LogP contribution in [0, 0.1) is 11.7 Å². The molecule has 7 nitrogen and oxygen atoms in total. The summed E-state index contributed by atoms with van der Waals surface area (Å²) in [7, 11) is 0. The number of hydrogen-bond acceptors (Lipinski definition) is 6. The van der Waals surface area contributed by atoms with E-state index in [9.17, 15) is 14.0 Å². The first-order chi connectivity index (χ1) is 15.4. The van der Waals surface area contributed by atoms with Crippen LogP contribution >= 0.6 is 0 Å². The third-order valence-electron chi connectivity index (χ3n) is 6.44. The van der Waals surface area contributed by atoms with Gasteiger partial charge in [-0.15, -0.1) is 0 Å². The number of likely N-dealkylation sites (tertiary alicyclic amines) is 1. The molecule has 1 aliphatic carbocycles. The lowest BCUT2D eigenvalue weighted by molar-refractivity contribution is -0.139. The molecule has 2 aliphatic heterocycles. The predicted octanol–water partition coefficient (Wildman–Crippen LogP) is 2.25. The molecule has 2 amide bonds. The van der Waals surface area contributed by atoms with Crippen LogP contribution in [0.2, 0.25) is 0 Å². The molecule has 1 aromatic carbocycles. The summed E-state index contributed by atoms with van der Waals surface area (Å²) in [4.78, 5) is 30.8. The van der Waals surface area contributed by atoms with Crippen molar-refractivity contribution in [2.45, 2.75) is 51.7 Å². The Morgan fingerprint density at radius 1 is 1.12 bits per heavy atom. The van der Waals surface area contributed by atoms with Crippen molar-refractivity contribution < 1.29 is 18.7 Å². The summed E-state index contributed by atoms with van der Waals surface area (Å²) in [6.07, 6.45) is 3.38. The Kier molecular flexibility index (Phi) is 7.30. The number of halogens is 1. The van der Waals surface area contributed by atoms with Crippen LogP contribution < -0.4 is 15.0 Å². The SMILES string of the molecule is CC(C)Oc1c(F)cccc1N1CCN(CCCN2C(=O)CC(CNC3CC3)C2=O)CC1. The summed E-state index contributed by atoms with van der Waals surface area (Å²) in [5.74, 6) is -0.250. The molecule has 0 bridgehead atoms. The summed E-state index contributed by atoms with van der Waals surface area (Å²) in [5, 5.41) is 3.37. The average molecular weight is 447 g/mol. The number of anilines is 1. The lowest BCUT2D eigenvalue weighted by Crippen LogP contribution is -2.47. The fourth-order valence-corrected chi connectivity index (χ4v) is 4.51. The van der Waals surface area contributed by atoms with Gasteiger partial charge in [-0.05, 0) is 51.8 Å². The number of nitrogens with one attached hydrogen (secondary N) is 1. The monoisotopic (exact) mass is 446 g/mol. The van der Waals surface area contributed by atoms with E-state index >= 15 is 0 Å². The van der Waals surface area contributed by atoms with E-state index in [0.717, 1.165) is 44.8 Å². The second kappa shape index (κ2) is 10.2. The molecule has 3 fully saturated rings. The fraction of sp³-hybridized carbons (Fsp3) is 0.667. The van der Waals surface area contributed by atoms with Crippen molar-refractivity contribution >= 4 is 17.5 Å². The van der Waals surface area contributed by atoms with Gasteiger partial charge in [0.05, 0.1) is 17.7 Å². The quantitative estimate of drug-likeness (QED) is 0.556. The number of rotatable bonds is 10. The molecular weight excluding hydrogens is 411 g/mol. The number of nitrogens with zero attached hydrogens (tertiary/aromatic N) is 3. The number of ether oxygens (including phenoxy) is 1. The Bertz CT molecular complexity index is 821. The largest absolute Gasteiger partial charge is 0.486 e. The normalized spacial score (nSPS) is 22.3. The lowest BCUT2D eigenvalue weighted by Gasteiger charge is -2.37. The Labute approximate surface area is 189 Å². The molecule has 1 saturated carbocycles. The van der Waals surface area contributed by atoms with Crippen molar-refractivity contribution in [1.82, 2.24) is 15.1 Å². The molecule has 0 aromatic heterocycles. The summed E-state index contributed by atoms with van der Waals surface area (Å²) < 4.78 is 20.0. The zero-order valence-electron chi connectivity index (χ0n) is 19.2. The van der Waals surface area contributed by atoms with Gasteiger partial charge < -0.3 is 15.0 Å². The van der Waals surface area contributed by atoms with Gasteiger partial charge in [-0.1, -0.05) is 6.07 Å². The number of benzene rings is 1. The Hall–Kier alpha value is -2.19. The van der Waals surface area contributed by atoms with Gasteiger partial charge in [0, 0.05) is 51.7 Å². The van der Waals surface area contributed by atoms with Crippen molar-refractivity contribution in [2.24, 2.45) is 5.92 Å². The van der Waals surface area contributed by atoms with Crippen LogP contribution in [0.25, 0.3) is 0 Å². The maximum Gasteiger partial charge on any atom is 0.234 e. The van der Waals surface area contributed by atoms with E-state index in [-0.39, 0.29) is 29.7 Å². The van der Waals surface area contributed by atoms with E-state index in [4.69, 9.17) is 4.74 Å². The van der Waals surface area contributed by atoms with E-state index in [1.54, 1.807) is 6.07 Å². The number of imide groups is 1. The summed E-state index contributed by atoms with van der Waals surface area (Å²) in [6.45, 7) is 9.04. The van der Waals surface area contributed by atoms with Gasteiger partial charge in [0.1, 0.15) is 0 Å². The second-order valence-corrected chi connectivity index (χ2v) is 9.40. The van der Waals surface area contributed by atoms with Crippen LogP contribution in [-0.2, 0) is 9.59 Å². The van der Waals surface area contributed by atoms with E-state index in [2.05, 4.69) is 15.1 Å². The van der Waals surface area contributed by atoms with Gasteiger partial charge in [0.25, 0.3) is 0 Å². The minimum absolute atomic E-state index is 0.0169. The third kappa shape index (κ3) is 5.59. The van der Waals surface area contributed by atoms with Crippen LogP contribution in [0.3, 0.4) is 0 Å². The van der Waals surface area contributed by atoms with E-state index in [1.165, 1.54) is 23.8 Å². The van der Waals surface area contributed by atoms with Gasteiger partial charge in [0.2, 0.25) is 11.8 Å². The molecule has 0 spiro atoms. The molecular formula is C24H35FN4O3. The first-order valence-electron chi connectivity index (χ1n) is 11.9. The van der Waals surface area contributed by atoms with Gasteiger partial charge in [-0.25, -0.2) is 4.39 Å². The standard InChI is InChI=1S/C24H35FN4O3/c1-17(2)32-23-20(25)5-3-6-21(23)28-13-11-27(12-14-28)9-4-10-29-22(30)15-18(24(29)31)16-26-19-7-8-19/h3,5-6,17-19,26H,4,7-16H2,1-2H3. The van der Waals surface area contributed by atoms with Gasteiger partial charge in [-0.3, -0.25) is 19.4 Å². The average Bonchev–Trinajstić information content (AvgIpc) is 3.55. The van der Waals surface area contributed by atoms with E-state index in [0.29, 0.717) is 31.3 Å². The number of piperazine rings is 1. The molecule has 1 atom stereocenters. The topological polar surface area (TPSA) is 65.1 Å². The van der Waals surface area contributed by atoms with E-state index in [1.807, 2.05) is 19.9 Å². The highest BCUT2D eigenvalue weighted by Gasteiger charge is 2.38. The van der Waals surface area contributed by atoms with Crippen molar-refractivity contribution in [3.63, 3.8) is 0 Å². The highest BCUT2D eigenvalue weighted by atomic mass is 19.1. The Morgan fingerprint density at radius 2 is 1.88 bits per heavy atom. The lowest BCUT2D eigenvalue weighted by atomic mass is 10.1. The van der Waals surface area contributed by atoms with Crippen molar-refractivity contribution in [3.05, 3.63) is 24.0 Å². The number of hydrogen-bond donors (Lipinski definition) is 1. The van der Waals surface area contributed by atoms with Crippen LogP contribution in [0.1, 0.15) is 39.5 Å². The highest BCUT2D eigenvalue weighted by molar-refractivity contribution is 6.03. The summed E-state index contributed by atoms with van der Waals surface area (Å²) in [6, 6.07) is 5.62. The minimum atomic E-state index is -0.329. The molecule has 1 aromatic rings. The number of carbonyl (C=O) groups is 2. The number of amides is 2. The molecule has 1 unspecified atom stereocenters. The smallest absolute Gasteiger partial charge is 0.234 e. The van der Waals surface area contributed by atoms with Crippen LogP contribution in [0.5, 0.6) is 5.75 Å². The molecule has 8 heteroatoms. The van der Waals surface area contributed by atoms with Crippen LogP contribution in [0.4, 0.5) is 10.1 Å². The second-order valence-electron chi connectivity index (χ2n) is 9.40. The Balaban J connectivity index is 1.22. The minimum Gasteiger partial charge on any atom is -0.486 e. The molecule has 2 saturated heterocycles. The molecule has 4 rings (SSSR count). The van der Waals surface area contributed by atoms with Crippen molar-refractivity contribution in [1.29, 1.82) is 0 Å². The first-order valence-corrected chi connectivity index (χ1v) is 11.9. The molecule has 176 valence electrons. The number of carbonyl (C=O) groups excluding carboxylic acids is 2. The molecule has 0 radical (unpaired) electrons. The van der Waals surface area contributed by atoms with Crippen LogP contribution in [-0.4, -0.2) is 79.6 Å². The summed E-state index contributed by atoms with van der Waals surface area (Å²) in [5.41, 5.74) is 0.803. The van der Waals surface area contributed by atoms with Gasteiger partial charge in [0.15, 0.2) is 11.6 Å². The number of para-hydroxylation sites is 1. The predicted molar refractivity (Wildman–Crippen MR) is 121 cm³/mol. The molecule has 2 heterocycles. The molecule has 1 N–H and O–H groups in total. The first kappa shape index (κ1) is 23.0. The van der Waals surface area contributed by atoms with Crippen molar-refractivity contribution in [3.8, 4) is 5.75 Å². The zero-order valence-corrected chi connectivity index (χ0v) is 19.2. The fourth-order valence-electron chi connectivity index (χ4n) is 4.51. The highest BCUT2D eigenvalue weighted by Crippen LogP contribution is 2.32. The van der Waals surface area contributed by atoms with Crippen molar-refractivity contribution in [2.75, 3.05) is 50.7 Å². The van der Waals surface area contributed by atoms with Crippen LogP contribution in [0.15, 0.2) is 18.2 Å². The maximum atomic E-state index is 14.3.